The van der Waals surface area contributed by atoms with Crippen molar-refractivity contribution in [3.05, 3.63) is 21.0 Å². The Morgan fingerprint density at radius 3 is 2.12 bits per heavy atom. The van der Waals surface area contributed by atoms with E-state index in [4.69, 9.17) is 0 Å². The molecule has 0 unspecified atom stereocenters. The Kier molecular flexibility index (Phi) is 7.93. The molecule has 0 atom stereocenters. The maximum absolute atomic E-state index is 2.44. The zero-order valence-electron chi connectivity index (χ0n) is 10.7. The molecule has 17 heavy (non-hydrogen) atoms. The molecule has 2 aliphatic carbocycles. The molecule has 0 aliphatic heterocycles. The summed E-state index contributed by atoms with van der Waals surface area (Å²) in [5.41, 5.74) is 2.28. The minimum absolute atomic E-state index is 0. The Morgan fingerprint density at radius 1 is 1.12 bits per heavy atom. The van der Waals surface area contributed by atoms with Crippen molar-refractivity contribution >= 4 is 0 Å². The van der Waals surface area contributed by atoms with E-state index < -0.39 is 0 Å². The Morgan fingerprint density at radius 2 is 1.71 bits per heavy atom. The van der Waals surface area contributed by atoms with E-state index in [-0.39, 0.29) is 24.8 Å². The van der Waals surface area contributed by atoms with Gasteiger partial charge >= 0.3 is 109 Å². The molecule has 0 bridgehead atoms. The summed E-state index contributed by atoms with van der Waals surface area (Å²) in [4.78, 5) is 0. The third kappa shape index (κ3) is 3.49. The van der Waals surface area contributed by atoms with Crippen molar-refractivity contribution in [2.45, 2.75) is 52.4 Å². The molecular formula is C14H21Cl2Zr. The third-order valence-electron chi connectivity index (χ3n) is 4.32. The van der Waals surface area contributed by atoms with Gasteiger partial charge in [0.1, 0.15) is 0 Å². The van der Waals surface area contributed by atoms with Gasteiger partial charge in [-0.1, -0.05) is 0 Å². The molecule has 0 amide bonds. The fourth-order valence-electron chi connectivity index (χ4n) is 3.31. The number of rotatable bonds is 2. The van der Waals surface area contributed by atoms with Crippen LogP contribution in [0.15, 0.2) is 21.0 Å². The smallest absolute Gasteiger partial charge is 1.00 e. The van der Waals surface area contributed by atoms with Crippen LogP contribution < -0.4 is 24.8 Å². The predicted molar refractivity (Wildman–Crippen MR) is 61.1 cm³/mol. The SMILES string of the molecule is CC(C)C1(C2=[C]([Zr+2])CC=C2)CCCCC1.[Cl-].[Cl-]. The maximum atomic E-state index is 2.44. The van der Waals surface area contributed by atoms with Gasteiger partial charge < -0.3 is 24.8 Å². The number of allylic oxidation sites excluding steroid dienone is 4. The summed E-state index contributed by atoms with van der Waals surface area (Å²) < 4.78 is 1.72. The van der Waals surface area contributed by atoms with E-state index in [0.717, 1.165) is 5.92 Å². The van der Waals surface area contributed by atoms with Gasteiger partial charge in [0.05, 0.1) is 0 Å². The van der Waals surface area contributed by atoms with Crippen molar-refractivity contribution in [1.82, 2.24) is 0 Å². The summed E-state index contributed by atoms with van der Waals surface area (Å²) in [5.74, 6) is 0.811. The average molecular weight is 351 g/mol. The quantitative estimate of drug-likeness (QED) is 0.560. The van der Waals surface area contributed by atoms with Crippen LogP contribution in [0.3, 0.4) is 0 Å². The van der Waals surface area contributed by atoms with Gasteiger partial charge in [-0.25, -0.2) is 0 Å². The first kappa shape index (κ1) is 17.9. The van der Waals surface area contributed by atoms with E-state index >= 15 is 0 Å². The van der Waals surface area contributed by atoms with Crippen LogP contribution in [0.1, 0.15) is 52.4 Å². The van der Waals surface area contributed by atoms with Gasteiger partial charge in [0.15, 0.2) is 0 Å². The topological polar surface area (TPSA) is 0 Å². The largest absolute Gasteiger partial charge is 1.00 e. The second-order valence-corrected chi connectivity index (χ2v) is 6.85. The molecule has 0 heterocycles. The van der Waals surface area contributed by atoms with Crippen LogP contribution in [-0.2, 0) is 24.7 Å². The fraction of sp³-hybridized carbons (Fsp3) is 0.714. The van der Waals surface area contributed by atoms with Gasteiger partial charge in [0.25, 0.3) is 0 Å². The molecule has 0 aromatic rings. The summed E-state index contributed by atoms with van der Waals surface area (Å²) in [6, 6.07) is 0. The van der Waals surface area contributed by atoms with Crippen molar-refractivity contribution in [3.8, 4) is 0 Å². The number of halogens is 2. The molecule has 1 saturated carbocycles. The summed E-state index contributed by atoms with van der Waals surface area (Å²) in [6.07, 6.45) is 13.3. The van der Waals surface area contributed by atoms with Crippen LogP contribution in [0.4, 0.5) is 0 Å². The molecule has 1 fully saturated rings. The van der Waals surface area contributed by atoms with E-state index in [1.54, 1.807) is 33.6 Å². The second-order valence-electron chi connectivity index (χ2n) is 5.37. The summed E-state index contributed by atoms with van der Waals surface area (Å²) in [6.45, 7) is 4.85. The first-order chi connectivity index (χ1) is 7.17. The molecule has 0 nitrogen and oxygen atoms in total. The van der Waals surface area contributed by atoms with Crippen molar-refractivity contribution in [3.63, 3.8) is 0 Å². The first-order valence-electron chi connectivity index (χ1n) is 6.28. The number of hydrogen-bond donors (Lipinski definition) is 0. The van der Waals surface area contributed by atoms with Crippen molar-refractivity contribution in [2.75, 3.05) is 0 Å². The van der Waals surface area contributed by atoms with Crippen LogP contribution in [0, 0.1) is 11.3 Å². The minimum Gasteiger partial charge on any atom is -1.00 e. The summed E-state index contributed by atoms with van der Waals surface area (Å²) in [5, 5.41) is 0. The van der Waals surface area contributed by atoms with E-state index in [1.165, 1.54) is 38.5 Å². The normalized spacial score (nSPS) is 22.4. The van der Waals surface area contributed by atoms with Crippen molar-refractivity contribution in [2.24, 2.45) is 11.3 Å². The maximum Gasteiger partial charge on any atom is -1.00 e. The molecule has 95 valence electrons. The Labute approximate surface area is 133 Å². The van der Waals surface area contributed by atoms with E-state index in [1.807, 2.05) is 0 Å². The Hall–Kier alpha value is 0.943. The number of hydrogen-bond acceptors (Lipinski definition) is 0. The Balaban J connectivity index is 0.00000128. The van der Waals surface area contributed by atoms with Crippen LogP contribution in [0.25, 0.3) is 0 Å². The molecule has 0 aromatic carbocycles. The zero-order valence-corrected chi connectivity index (χ0v) is 14.7. The van der Waals surface area contributed by atoms with Crippen molar-refractivity contribution < 1.29 is 49.5 Å². The van der Waals surface area contributed by atoms with Gasteiger partial charge in [0, 0.05) is 0 Å². The first-order valence-corrected chi connectivity index (χ1v) is 7.51. The van der Waals surface area contributed by atoms with Crippen LogP contribution in [0.5, 0.6) is 0 Å². The average Bonchev–Trinajstić information content (AvgIpc) is 2.66. The van der Waals surface area contributed by atoms with Gasteiger partial charge in [-0.05, 0) is 0 Å². The summed E-state index contributed by atoms with van der Waals surface area (Å²) >= 11 is 1.64. The van der Waals surface area contributed by atoms with Crippen LogP contribution >= 0.6 is 0 Å². The second kappa shape index (κ2) is 7.51. The molecule has 3 heteroatoms. The van der Waals surface area contributed by atoms with Gasteiger partial charge in [-0.15, -0.1) is 0 Å². The fourth-order valence-corrected chi connectivity index (χ4v) is 4.42. The van der Waals surface area contributed by atoms with E-state index in [9.17, 15) is 0 Å². The monoisotopic (exact) mass is 349 g/mol. The van der Waals surface area contributed by atoms with E-state index in [0.29, 0.717) is 5.41 Å². The molecule has 0 radical (unpaired) electrons. The van der Waals surface area contributed by atoms with Crippen LogP contribution in [-0.4, -0.2) is 0 Å². The molecule has 0 N–H and O–H groups in total. The predicted octanol–water partition coefficient (Wildman–Crippen LogP) is -1.64. The minimum atomic E-state index is 0. The summed E-state index contributed by atoms with van der Waals surface area (Å²) in [7, 11) is 0. The van der Waals surface area contributed by atoms with E-state index in [2.05, 4.69) is 26.0 Å². The standard InChI is InChI=1S/C14H21.2ClH.Zr/c1-12(2)14(10-6-3-7-11-14)13-8-4-5-9-13;;;/h4,8,12H,3,5-7,10-11H2,1-2H3;2*1H;/q;;;+2/p-2. The molecule has 0 saturated heterocycles. The molecule has 2 aliphatic rings. The molecule has 0 aromatic heterocycles. The molecular weight excluding hydrogens is 330 g/mol. The van der Waals surface area contributed by atoms with Crippen molar-refractivity contribution in [1.29, 1.82) is 0 Å². The zero-order chi connectivity index (χ0) is 10.9. The van der Waals surface area contributed by atoms with Gasteiger partial charge in [-0.2, -0.15) is 0 Å². The van der Waals surface area contributed by atoms with Gasteiger partial charge in [-0.3, -0.25) is 0 Å². The molecule has 0 spiro atoms. The van der Waals surface area contributed by atoms with Crippen LogP contribution in [0.2, 0.25) is 0 Å². The Bertz CT molecular complexity index is 299. The van der Waals surface area contributed by atoms with Gasteiger partial charge in [0.2, 0.25) is 0 Å². The molecule has 2 rings (SSSR count). The third-order valence-corrected chi connectivity index (χ3v) is 5.48.